The summed E-state index contributed by atoms with van der Waals surface area (Å²) in [6.07, 6.45) is 9.28. The first kappa shape index (κ1) is 15.6. The molecule has 1 aliphatic heterocycles. The maximum Gasteiger partial charge on any atom is 0.226 e. The minimum atomic E-state index is 0.170. The molecule has 0 spiro atoms. The summed E-state index contributed by atoms with van der Waals surface area (Å²) in [7, 11) is 0. The summed E-state index contributed by atoms with van der Waals surface area (Å²) in [6, 6.07) is 4.13. The molecule has 0 aromatic carbocycles. The van der Waals surface area contributed by atoms with Crippen LogP contribution in [0.4, 0.5) is 0 Å². The fourth-order valence-corrected chi connectivity index (χ4v) is 4.60. The Morgan fingerprint density at radius 3 is 2.92 bits per heavy atom. The molecule has 5 nitrogen and oxygen atoms in total. The highest BCUT2D eigenvalue weighted by Crippen LogP contribution is 2.36. The van der Waals surface area contributed by atoms with Gasteiger partial charge in [-0.3, -0.25) is 4.79 Å². The number of pyridine rings is 1. The van der Waals surface area contributed by atoms with Crippen molar-refractivity contribution in [1.29, 1.82) is 0 Å². The second kappa shape index (κ2) is 6.55. The summed E-state index contributed by atoms with van der Waals surface area (Å²) in [5, 5.41) is 1.22. The first-order valence-corrected chi connectivity index (χ1v) is 9.18. The third-order valence-corrected chi connectivity index (χ3v) is 6.01. The van der Waals surface area contributed by atoms with Gasteiger partial charge in [0.25, 0.3) is 0 Å². The van der Waals surface area contributed by atoms with Crippen molar-refractivity contribution < 1.29 is 4.79 Å². The van der Waals surface area contributed by atoms with Crippen molar-refractivity contribution >= 4 is 16.9 Å². The summed E-state index contributed by atoms with van der Waals surface area (Å²) >= 11 is 0. The Bertz CT molecular complexity index is 717. The number of H-pyrrole nitrogens is 1. The monoisotopic (exact) mass is 326 g/mol. The summed E-state index contributed by atoms with van der Waals surface area (Å²) in [4.78, 5) is 22.6. The van der Waals surface area contributed by atoms with E-state index in [0.29, 0.717) is 24.3 Å². The van der Waals surface area contributed by atoms with E-state index >= 15 is 0 Å². The molecule has 2 fully saturated rings. The SMILES string of the molecule is NC[C@H]1CCC[C@H]1C(=O)N1CCC(c2c[nH]c3ncccc23)CC1. The van der Waals surface area contributed by atoms with E-state index in [1.54, 1.807) is 0 Å². The van der Waals surface area contributed by atoms with Crippen molar-refractivity contribution in [2.24, 2.45) is 17.6 Å². The Kier molecular flexibility index (Phi) is 4.27. The molecule has 4 rings (SSSR count). The molecule has 1 saturated carbocycles. The maximum atomic E-state index is 12.8. The van der Waals surface area contributed by atoms with Crippen LogP contribution in [0.3, 0.4) is 0 Å². The second-order valence-electron chi connectivity index (χ2n) is 7.28. The molecule has 0 radical (unpaired) electrons. The predicted molar refractivity (Wildman–Crippen MR) is 94.5 cm³/mol. The number of nitrogens with two attached hydrogens (primary N) is 1. The van der Waals surface area contributed by atoms with Crippen LogP contribution in [0.2, 0.25) is 0 Å². The van der Waals surface area contributed by atoms with Crippen molar-refractivity contribution in [3.8, 4) is 0 Å². The normalized spacial score (nSPS) is 25.5. The lowest BCUT2D eigenvalue weighted by molar-refractivity contribution is -0.137. The zero-order chi connectivity index (χ0) is 16.5. The molecular weight excluding hydrogens is 300 g/mol. The van der Waals surface area contributed by atoms with Gasteiger partial charge in [-0.15, -0.1) is 0 Å². The van der Waals surface area contributed by atoms with Crippen LogP contribution in [0.25, 0.3) is 11.0 Å². The number of carbonyl (C=O) groups is 1. The highest BCUT2D eigenvalue weighted by Gasteiger charge is 2.36. The molecule has 3 N–H and O–H groups in total. The molecule has 2 aromatic rings. The fourth-order valence-electron chi connectivity index (χ4n) is 4.60. The summed E-state index contributed by atoms with van der Waals surface area (Å²) in [5.41, 5.74) is 8.16. The van der Waals surface area contributed by atoms with Crippen LogP contribution in [-0.2, 0) is 4.79 Å². The number of amides is 1. The van der Waals surface area contributed by atoms with Gasteiger partial charge in [0.1, 0.15) is 5.65 Å². The molecule has 1 aliphatic carbocycles. The summed E-state index contributed by atoms with van der Waals surface area (Å²) in [6.45, 7) is 2.38. The van der Waals surface area contributed by atoms with Gasteiger partial charge in [-0.25, -0.2) is 4.98 Å². The molecule has 1 saturated heterocycles. The average Bonchev–Trinajstić information content (AvgIpc) is 3.28. The van der Waals surface area contributed by atoms with E-state index in [2.05, 4.69) is 27.1 Å². The number of nitrogens with zero attached hydrogens (tertiary/aromatic N) is 2. The zero-order valence-electron chi connectivity index (χ0n) is 14.1. The molecule has 2 aliphatic rings. The molecule has 128 valence electrons. The van der Waals surface area contributed by atoms with E-state index in [1.165, 1.54) is 10.9 Å². The minimum Gasteiger partial charge on any atom is -0.346 e. The Balaban J connectivity index is 1.42. The minimum absolute atomic E-state index is 0.170. The Hall–Kier alpha value is -1.88. The van der Waals surface area contributed by atoms with Gasteiger partial charge in [0, 0.05) is 36.8 Å². The summed E-state index contributed by atoms with van der Waals surface area (Å²) < 4.78 is 0. The Morgan fingerprint density at radius 2 is 2.12 bits per heavy atom. The number of hydrogen-bond donors (Lipinski definition) is 2. The van der Waals surface area contributed by atoms with Crippen molar-refractivity contribution in [1.82, 2.24) is 14.9 Å². The molecule has 2 atom stereocenters. The van der Waals surface area contributed by atoms with Gasteiger partial charge >= 0.3 is 0 Å². The average molecular weight is 326 g/mol. The van der Waals surface area contributed by atoms with E-state index in [-0.39, 0.29) is 5.92 Å². The van der Waals surface area contributed by atoms with Crippen molar-refractivity contribution in [3.63, 3.8) is 0 Å². The van der Waals surface area contributed by atoms with Gasteiger partial charge in [0.05, 0.1) is 0 Å². The van der Waals surface area contributed by atoms with Gasteiger partial charge in [0.2, 0.25) is 5.91 Å². The molecule has 1 amide bonds. The number of likely N-dealkylation sites (tertiary alicyclic amines) is 1. The van der Waals surface area contributed by atoms with Gasteiger partial charge in [0.15, 0.2) is 0 Å². The van der Waals surface area contributed by atoms with E-state index in [0.717, 1.165) is 50.8 Å². The topological polar surface area (TPSA) is 75.0 Å². The number of carbonyl (C=O) groups excluding carboxylic acids is 1. The van der Waals surface area contributed by atoms with Gasteiger partial charge in [-0.05, 0) is 61.8 Å². The van der Waals surface area contributed by atoms with E-state index in [4.69, 9.17) is 5.73 Å². The largest absolute Gasteiger partial charge is 0.346 e. The quantitative estimate of drug-likeness (QED) is 0.910. The number of aromatic nitrogens is 2. The highest BCUT2D eigenvalue weighted by atomic mass is 16.2. The van der Waals surface area contributed by atoms with Crippen LogP contribution in [-0.4, -0.2) is 40.4 Å². The zero-order valence-corrected chi connectivity index (χ0v) is 14.1. The van der Waals surface area contributed by atoms with Crippen molar-refractivity contribution in [3.05, 3.63) is 30.1 Å². The van der Waals surface area contributed by atoms with E-state index in [9.17, 15) is 4.79 Å². The van der Waals surface area contributed by atoms with Gasteiger partial charge in [-0.1, -0.05) is 6.42 Å². The molecule has 5 heteroatoms. The molecular formula is C19H26N4O. The van der Waals surface area contributed by atoms with Crippen LogP contribution >= 0.6 is 0 Å². The smallest absolute Gasteiger partial charge is 0.226 e. The van der Waals surface area contributed by atoms with Crippen LogP contribution < -0.4 is 5.73 Å². The maximum absolute atomic E-state index is 12.8. The lowest BCUT2D eigenvalue weighted by Gasteiger charge is -2.34. The van der Waals surface area contributed by atoms with Gasteiger partial charge < -0.3 is 15.6 Å². The van der Waals surface area contributed by atoms with Gasteiger partial charge in [-0.2, -0.15) is 0 Å². The van der Waals surface area contributed by atoms with Crippen molar-refractivity contribution in [2.75, 3.05) is 19.6 Å². The lowest BCUT2D eigenvalue weighted by atomic mass is 9.88. The molecule has 0 unspecified atom stereocenters. The van der Waals surface area contributed by atoms with Crippen LogP contribution in [0.15, 0.2) is 24.5 Å². The predicted octanol–water partition coefficient (Wildman–Crippen LogP) is 2.64. The first-order chi connectivity index (χ1) is 11.8. The van der Waals surface area contributed by atoms with Crippen LogP contribution in [0.1, 0.15) is 43.6 Å². The number of piperidine rings is 1. The Morgan fingerprint density at radius 1 is 1.29 bits per heavy atom. The second-order valence-corrected chi connectivity index (χ2v) is 7.28. The molecule has 2 aromatic heterocycles. The third kappa shape index (κ3) is 2.71. The highest BCUT2D eigenvalue weighted by molar-refractivity contribution is 5.81. The number of aromatic amines is 1. The standard InChI is InChI=1S/C19H26N4O/c20-11-14-3-1-4-15(14)19(24)23-9-6-13(7-10-23)17-12-22-18-16(17)5-2-8-21-18/h2,5,8,12-15H,1,3-4,6-7,9-11,20H2,(H,21,22)/t14-,15-/m1/s1. The fraction of sp³-hybridized carbons (Fsp3) is 0.579. The van der Waals surface area contributed by atoms with Crippen LogP contribution in [0.5, 0.6) is 0 Å². The number of fused-ring (bicyclic) bond motifs is 1. The molecule has 0 bridgehead atoms. The van der Waals surface area contributed by atoms with E-state index in [1.807, 2.05) is 12.3 Å². The summed E-state index contributed by atoms with van der Waals surface area (Å²) in [5.74, 6) is 1.43. The third-order valence-electron chi connectivity index (χ3n) is 6.01. The van der Waals surface area contributed by atoms with E-state index < -0.39 is 0 Å². The molecule has 3 heterocycles. The van der Waals surface area contributed by atoms with Crippen LogP contribution in [0, 0.1) is 11.8 Å². The number of nitrogens with one attached hydrogen (secondary N) is 1. The number of rotatable bonds is 3. The first-order valence-electron chi connectivity index (χ1n) is 9.18. The van der Waals surface area contributed by atoms with Crippen molar-refractivity contribution in [2.45, 2.75) is 38.0 Å². The Labute approximate surface area is 142 Å². The number of hydrogen-bond acceptors (Lipinski definition) is 3. The molecule has 24 heavy (non-hydrogen) atoms. The lowest BCUT2D eigenvalue weighted by Crippen LogP contribution is -2.43.